The summed E-state index contributed by atoms with van der Waals surface area (Å²) < 4.78 is 6.72. The second-order valence-corrected chi connectivity index (χ2v) is 3.93. The van der Waals surface area contributed by atoms with Crippen LogP contribution in [0.1, 0.15) is 37.7 Å². The molecule has 0 radical (unpaired) electrons. The van der Waals surface area contributed by atoms with Gasteiger partial charge in [-0.25, -0.2) is 4.79 Å². The van der Waals surface area contributed by atoms with Gasteiger partial charge < -0.3 is 10.5 Å². The minimum absolute atomic E-state index is 0.195. The van der Waals surface area contributed by atoms with Crippen LogP contribution in [0.3, 0.4) is 0 Å². The first kappa shape index (κ1) is 11.0. The smallest absolute Gasteiger partial charge is 0.331 e. The third-order valence-electron chi connectivity index (χ3n) is 3.00. The highest BCUT2D eigenvalue weighted by molar-refractivity contribution is 5.76. The summed E-state index contributed by atoms with van der Waals surface area (Å²) in [5.74, 6) is -0.195. The molecule has 2 rings (SSSR count). The van der Waals surface area contributed by atoms with Crippen molar-refractivity contribution in [2.45, 2.75) is 39.2 Å². The number of hydrogen-bond donors (Lipinski definition) is 1. The van der Waals surface area contributed by atoms with Crippen molar-refractivity contribution in [3.05, 3.63) is 11.4 Å². The van der Waals surface area contributed by atoms with Crippen LogP contribution in [0, 0.1) is 0 Å². The topological polar surface area (TPSA) is 70.1 Å². The Labute approximate surface area is 94.6 Å². The third-order valence-corrected chi connectivity index (χ3v) is 3.00. The van der Waals surface area contributed by atoms with E-state index >= 15 is 0 Å². The lowest BCUT2D eigenvalue weighted by Gasteiger charge is -2.09. The molecular formula is C11H17N3O2. The van der Waals surface area contributed by atoms with Crippen LogP contribution < -0.4 is 5.73 Å². The molecule has 1 atom stereocenters. The van der Waals surface area contributed by atoms with Gasteiger partial charge in [0.25, 0.3) is 0 Å². The summed E-state index contributed by atoms with van der Waals surface area (Å²) in [5, 5.41) is 4.42. The van der Waals surface area contributed by atoms with Gasteiger partial charge in [0.1, 0.15) is 0 Å². The van der Waals surface area contributed by atoms with E-state index in [1.54, 1.807) is 4.68 Å². The SMILES string of the molecule is CCc1nn(C2CCOC2=O)c(CC)c1N. The van der Waals surface area contributed by atoms with Crippen molar-refractivity contribution in [2.75, 3.05) is 12.3 Å². The molecule has 1 aromatic rings. The normalized spacial score (nSPS) is 20.1. The highest BCUT2D eigenvalue weighted by Gasteiger charge is 2.31. The lowest BCUT2D eigenvalue weighted by atomic mass is 10.2. The molecular weight excluding hydrogens is 206 g/mol. The molecule has 1 unspecified atom stereocenters. The first-order chi connectivity index (χ1) is 7.69. The zero-order chi connectivity index (χ0) is 11.7. The Balaban J connectivity index is 2.43. The van der Waals surface area contributed by atoms with Crippen LogP contribution in [0.5, 0.6) is 0 Å². The molecule has 0 aliphatic carbocycles. The standard InChI is InChI=1S/C11H17N3O2/c1-3-7-10(12)8(4-2)14(13-7)9-5-6-16-11(9)15/h9H,3-6,12H2,1-2H3. The van der Waals surface area contributed by atoms with Gasteiger partial charge in [-0.2, -0.15) is 5.10 Å². The molecule has 0 bridgehead atoms. The van der Waals surface area contributed by atoms with Gasteiger partial charge in [0.2, 0.25) is 0 Å². The second-order valence-electron chi connectivity index (χ2n) is 3.93. The van der Waals surface area contributed by atoms with Crippen molar-refractivity contribution >= 4 is 11.7 Å². The van der Waals surface area contributed by atoms with Crippen LogP contribution in [0.15, 0.2) is 0 Å². The number of nitrogens with two attached hydrogens (primary N) is 1. The van der Waals surface area contributed by atoms with E-state index in [-0.39, 0.29) is 12.0 Å². The fraction of sp³-hybridized carbons (Fsp3) is 0.636. The molecule has 16 heavy (non-hydrogen) atoms. The summed E-state index contributed by atoms with van der Waals surface area (Å²) in [6, 6.07) is -0.280. The molecule has 1 fully saturated rings. The van der Waals surface area contributed by atoms with Crippen LogP contribution >= 0.6 is 0 Å². The molecule has 2 heterocycles. The Morgan fingerprint density at radius 1 is 1.50 bits per heavy atom. The number of nitrogens with zero attached hydrogens (tertiary/aromatic N) is 2. The lowest BCUT2D eigenvalue weighted by Crippen LogP contribution is -2.18. The Kier molecular flexibility index (Phi) is 2.85. The molecule has 5 nitrogen and oxygen atoms in total. The monoisotopic (exact) mass is 223 g/mol. The minimum Gasteiger partial charge on any atom is -0.464 e. The quantitative estimate of drug-likeness (QED) is 0.778. The second kappa shape index (κ2) is 4.15. The number of nitrogen functional groups attached to an aromatic ring is 1. The Bertz CT molecular complexity index is 412. The van der Waals surface area contributed by atoms with Gasteiger partial charge in [-0.1, -0.05) is 13.8 Å². The molecule has 0 spiro atoms. The van der Waals surface area contributed by atoms with E-state index in [1.807, 2.05) is 13.8 Å². The van der Waals surface area contributed by atoms with Gasteiger partial charge in [0.05, 0.1) is 23.7 Å². The number of ether oxygens (including phenoxy) is 1. The number of esters is 1. The highest BCUT2D eigenvalue weighted by atomic mass is 16.5. The lowest BCUT2D eigenvalue weighted by molar-refractivity contribution is -0.140. The van der Waals surface area contributed by atoms with Crippen molar-refractivity contribution in [1.29, 1.82) is 0 Å². The van der Waals surface area contributed by atoms with Gasteiger partial charge in [0, 0.05) is 6.42 Å². The highest BCUT2D eigenvalue weighted by Crippen LogP contribution is 2.27. The predicted molar refractivity (Wildman–Crippen MR) is 60.0 cm³/mol. The average molecular weight is 223 g/mol. The maximum absolute atomic E-state index is 11.5. The van der Waals surface area contributed by atoms with Crippen LogP contribution in [0.25, 0.3) is 0 Å². The minimum atomic E-state index is -0.280. The zero-order valence-corrected chi connectivity index (χ0v) is 9.69. The summed E-state index contributed by atoms with van der Waals surface area (Å²) in [4.78, 5) is 11.5. The van der Waals surface area contributed by atoms with E-state index in [0.29, 0.717) is 13.0 Å². The number of cyclic esters (lactones) is 1. The molecule has 1 aliphatic heterocycles. The van der Waals surface area contributed by atoms with Crippen LogP contribution in [-0.4, -0.2) is 22.4 Å². The number of hydrogen-bond acceptors (Lipinski definition) is 4. The van der Waals surface area contributed by atoms with Crippen LogP contribution in [0.2, 0.25) is 0 Å². The van der Waals surface area contributed by atoms with Crippen molar-refractivity contribution < 1.29 is 9.53 Å². The maximum Gasteiger partial charge on any atom is 0.331 e. The molecule has 1 aromatic heterocycles. The van der Waals surface area contributed by atoms with E-state index in [9.17, 15) is 4.79 Å². The first-order valence-electron chi connectivity index (χ1n) is 5.71. The van der Waals surface area contributed by atoms with Gasteiger partial charge in [-0.15, -0.1) is 0 Å². The van der Waals surface area contributed by atoms with E-state index in [1.165, 1.54) is 0 Å². The summed E-state index contributed by atoms with van der Waals surface area (Å²) in [6.45, 7) is 4.51. The summed E-state index contributed by atoms with van der Waals surface area (Å²) in [5.41, 5.74) is 8.55. The molecule has 0 aromatic carbocycles. The number of aryl methyl sites for hydroxylation is 1. The van der Waals surface area contributed by atoms with E-state index in [0.717, 1.165) is 29.9 Å². The van der Waals surface area contributed by atoms with Crippen molar-refractivity contribution in [3.8, 4) is 0 Å². The van der Waals surface area contributed by atoms with Gasteiger partial charge >= 0.3 is 5.97 Å². The average Bonchev–Trinajstić information content (AvgIpc) is 2.82. The maximum atomic E-state index is 11.5. The largest absolute Gasteiger partial charge is 0.464 e. The van der Waals surface area contributed by atoms with Gasteiger partial charge in [0.15, 0.2) is 6.04 Å². The van der Waals surface area contributed by atoms with E-state index in [4.69, 9.17) is 10.5 Å². The molecule has 88 valence electrons. The summed E-state index contributed by atoms with van der Waals surface area (Å²) >= 11 is 0. The van der Waals surface area contributed by atoms with Crippen molar-refractivity contribution in [2.24, 2.45) is 0 Å². The van der Waals surface area contributed by atoms with Crippen LogP contribution in [0.4, 0.5) is 5.69 Å². The Hall–Kier alpha value is -1.52. The molecule has 5 heteroatoms. The Morgan fingerprint density at radius 2 is 2.25 bits per heavy atom. The first-order valence-corrected chi connectivity index (χ1v) is 5.71. The van der Waals surface area contributed by atoms with E-state index < -0.39 is 0 Å². The molecule has 1 saturated heterocycles. The number of carbonyl (C=O) groups excluding carboxylic acids is 1. The number of rotatable bonds is 3. The molecule has 0 amide bonds. The van der Waals surface area contributed by atoms with Gasteiger partial charge in [-0.05, 0) is 12.8 Å². The summed E-state index contributed by atoms with van der Waals surface area (Å²) in [6.07, 6.45) is 2.26. The van der Waals surface area contributed by atoms with Gasteiger partial charge in [-0.3, -0.25) is 4.68 Å². The number of aromatic nitrogens is 2. The van der Waals surface area contributed by atoms with E-state index in [2.05, 4.69) is 5.10 Å². The molecule has 2 N–H and O–H groups in total. The van der Waals surface area contributed by atoms with Crippen molar-refractivity contribution in [1.82, 2.24) is 9.78 Å². The van der Waals surface area contributed by atoms with Crippen molar-refractivity contribution in [3.63, 3.8) is 0 Å². The third kappa shape index (κ3) is 1.56. The zero-order valence-electron chi connectivity index (χ0n) is 9.69. The summed E-state index contributed by atoms with van der Waals surface area (Å²) in [7, 11) is 0. The number of anilines is 1. The fourth-order valence-corrected chi connectivity index (χ4v) is 2.11. The Morgan fingerprint density at radius 3 is 2.75 bits per heavy atom. The molecule has 0 saturated carbocycles. The van der Waals surface area contributed by atoms with Crippen LogP contribution in [-0.2, 0) is 22.4 Å². The number of carbonyl (C=O) groups is 1. The fourth-order valence-electron chi connectivity index (χ4n) is 2.11. The predicted octanol–water partition coefficient (Wildman–Crippen LogP) is 1.08. The molecule has 1 aliphatic rings.